The van der Waals surface area contributed by atoms with E-state index in [1.54, 1.807) is 0 Å². The van der Waals surface area contributed by atoms with Crippen LogP contribution in [0.4, 0.5) is 5.82 Å². The molecule has 0 radical (unpaired) electrons. The Bertz CT molecular complexity index is 435. The van der Waals surface area contributed by atoms with E-state index in [4.69, 9.17) is 0 Å². The fraction of sp³-hybridized carbons (Fsp3) is 0.714. The molecule has 2 fully saturated rings. The summed E-state index contributed by atoms with van der Waals surface area (Å²) < 4.78 is 0. The van der Waals surface area contributed by atoms with Crippen LogP contribution in [-0.2, 0) is 6.42 Å². The Hall–Kier alpha value is -1.20. The van der Waals surface area contributed by atoms with Crippen molar-refractivity contribution in [3.8, 4) is 0 Å². The summed E-state index contributed by atoms with van der Waals surface area (Å²) >= 11 is 0. The Morgan fingerprint density at radius 3 is 2.53 bits per heavy atom. The minimum atomic E-state index is 0.764. The lowest BCUT2D eigenvalue weighted by Gasteiger charge is -2.43. The Labute approximate surface area is 115 Å². The summed E-state index contributed by atoms with van der Waals surface area (Å²) in [4.78, 5) is 14.0. The summed E-state index contributed by atoms with van der Waals surface area (Å²) in [6.07, 6.45) is 0.976. The van der Waals surface area contributed by atoms with Crippen LogP contribution in [0, 0.1) is 6.92 Å². The predicted molar refractivity (Wildman–Crippen MR) is 76.6 cm³/mol. The van der Waals surface area contributed by atoms with Gasteiger partial charge in [0.2, 0.25) is 0 Å². The summed E-state index contributed by atoms with van der Waals surface area (Å²) in [5.41, 5.74) is 1.15. The van der Waals surface area contributed by atoms with Gasteiger partial charge < -0.3 is 10.2 Å². The highest BCUT2D eigenvalue weighted by atomic mass is 15.3. The van der Waals surface area contributed by atoms with Gasteiger partial charge in [-0.25, -0.2) is 9.97 Å². The fourth-order valence-corrected chi connectivity index (χ4v) is 2.80. The first-order chi connectivity index (χ1) is 9.26. The lowest BCUT2D eigenvalue weighted by molar-refractivity contribution is 0.137. The molecule has 2 aliphatic rings. The van der Waals surface area contributed by atoms with E-state index >= 15 is 0 Å². The highest BCUT2D eigenvalue weighted by Gasteiger charge is 2.28. The Morgan fingerprint density at radius 2 is 1.95 bits per heavy atom. The molecule has 1 aromatic rings. The Morgan fingerprint density at radius 1 is 1.21 bits per heavy atom. The van der Waals surface area contributed by atoms with Crippen molar-refractivity contribution in [1.29, 1.82) is 0 Å². The first-order valence-electron chi connectivity index (χ1n) is 7.30. The van der Waals surface area contributed by atoms with Crippen LogP contribution in [0.1, 0.15) is 18.4 Å². The first-order valence-corrected chi connectivity index (χ1v) is 7.30. The van der Waals surface area contributed by atoms with Crippen LogP contribution in [0.3, 0.4) is 0 Å². The standard InChI is InChI=1S/C14H23N5/c1-3-12-8-14(17-11(2)16-12)19-6-4-18(5-7-19)13-9-15-10-13/h8,13,15H,3-7,9-10H2,1-2H3. The maximum atomic E-state index is 4.59. The SMILES string of the molecule is CCc1cc(N2CCN(C3CNC3)CC2)nc(C)n1. The number of anilines is 1. The molecule has 1 aromatic heterocycles. The molecule has 2 saturated heterocycles. The molecule has 0 unspecified atom stereocenters. The zero-order chi connectivity index (χ0) is 13.2. The molecule has 0 bridgehead atoms. The van der Waals surface area contributed by atoms with Crippen LogP contribution in [0.5, 0.6) is 0 Å². The first kappa shape index (κ1) is 12.8. The molecule has 0 amide bonds. The van der Waals surface area contributed by atoms with Crippen molar-refractivity contribution in [3.05, 3.63) is 17.6 Å². The average molecular weight is 261 g/mol. The van der Waals surface area contributed by atoms with Crippen molar-refractivity contribution >= 4 is 5.82 Å². The summed E-state index contributed by atoms with van der Waals surface area (Å²) in [6, 6.07) is 2.91. The van der Waals surface area contributed by atoms with E-state index in [9.17, 15) is 0 Å². The van der Waals surface area contributed by atoms with Crippen LogP contribution < -0.4 is 10.2 Å². The lowest BCUT2D eigenvalue weighted by atomic mass is 10.1. The number of hydrogen-bond donors (Lipinski definition) is 1. The second kappa shape index (κ2) is 5.43. The zero-order valence-corrected chi connectivity index (χ0v) is 11.9. The van der Waals surface area contributed by atoms with E-state index in [1.807, 2.05) is 6.92 Å². The molecular formula is C14H23N5. The van der Waals surface area contributed by atoms with Gasteiger partial charge in [0.25, 0.3) is 0 Å². The molecule has 3 heterocycles. The number of aryl methyl sites for hydroxylation is 2. The molecule has 0 atom stereocenters. The zero-order valence-electron chi connectivity index (χ0n) is 11.9. The summed E-state index contributed by atoms with van der Waals surface area (Å²) in [5, 5.41) is 3.35. The number of piperazine rings is 1. The molecule has 0 aliphatic carbocycles. The molecule has 3 rings (SSSR count). The van der Waals surface area contributed by atoms with E-state index in [1.165, 1.54) is 0 Å². The number of rotatable bonds is 3. The highest BCUT2D eigenvalue weighted by molar-refractivity contribution is 5.40. The average Bonchev–Trinajstić information content (AvgIpc) is 2.37. The number of aromatic nitrogens is 2. The number of nitrogens with zero attached hydrogens (tertiary/aromatic N) is 4. The molecule has 1 N–H and O–H groups in total. The van der Waals surface area contributed by atoms with Gasteiger partial charge in [0.05, 0.1) is 0 Å². The largest absolute Gasteiger partial charge is 0.354 e. The molecule has 0 aromatic carbocycles. The summed E-state index contributed by atoms with van der Waals surface area (Å²) in [6.45, 7) is 10.9. The number of hydrogen-bond acceptors (Lipinski definition) is 5. The summed E-state index contributed by atoms with van der Waals surface area (Å²) in [5.74, 6) is 2.00. The molecule has 0 spiro atoms. The van der Waals surface area contributed by atoms with Crippen LogP contribution in [0.15, 0.2) is 6.07 Å². The molecule has 5 heteroatoms. The van der Waals surface area contributed by atoms with Crippen LogP contribution in [0.2, 0.25) is 0 Å². The van der Waals surface area contributed by atoms with Crippen molar-refractivity contribution in [1.82, 2.24) is 20.2 Å². The molecule has 0 saturated carbocycles. The van der Waals surface area contributed by atoms with Crippen molar-refractivity contribution in [3.63, 3.8) is 0 Å². The van der Waals surface area contributed by atoms with Gasteiger partial charge in [-0.15, -0.1) is 0 Å². The molecular weight excluding hydrogens is 238 g/mol. The second-order valence-electron chi connectivity index (χ2n) is 5.45. The van der Waals surface area contributed by atoms with Gasteiger partial charge >= 0.3 is 0 Å². The second-order valence-corrected chi connectivity index (χ2v) is 5.45. The topological polar surface area (TPSA) is 44.3 Å². The monoisotopic (exact) mass is 261 g/mol. The van der Waals surface area contributed by atoms with Crippen molar-refractivity contribution < 1.29 is 0 Å². The van der Waals surface area contributed by atoms with Gasteiger partial charge in [0.1, 0.15) is 11.6 Å². The van der Waals surface area contributed by atoms with Crippen molar-refractivity contribution in [2.24, 2.45) is 0 Å². The van der Waals surface area contributed by atoms with Crippen LogP contribution in [0.25, 0.3) is 0 Å². The Balaban J connectivity index is 1.65. The minimum Gasteiger partial charge on any atom is -0.354 e. The molecule has 2 aliphatic heterocycles. The van der Waals surface area contributed by atoms with E-state index in [-0.39, 0.29) is 0 Å². The maximum absolute atomic E-state index is 4.59. The minimum absolute atomic E-state index is 0.764. The molecule has 19 heavy (non-hydrogen) atoms. The maximum Gasteiger partial charge on any atom is 0.132 e. The van der Waals surface area contributed by atoms with Gasteiger partial charge in [-0.1, -0.05) is 6.92 Å². The van der Waals surface area contributed by atoms with E-state index in [0.29, 0.717) is 0 Å². The third-order valence-corrected chi connectivity index (χ3v) is 4.15. The van der Waals surface area contributed by atoms with E-state index in [0.717, 1.165) is 69.1 Å². The quantitative estimate of drug-likeness (QED) is 0.855. The van der Waals surface area contributed by atoms with Gasteiger partial charge in [-0.2, -0.15) is 0 Å². The van der Waals surface area contributed by atoms with Crippen LogP contribution in [-0.4, -0.2) is 60.2 Å². The Kier molecular flexibility index (Phi) is 3.66. The fourth-order valence-electron chi connectivity index (χ4n) is 2.80. The van der Waals surface area contributed by atoms with Crippen LogP contribution >= 0.6 is 0 Å². The van der Waals surface area contributed by atoms with Crippen molar-refractivity contribution in [2.45, 2.75) is 26.3 Å². The van der Waals surface area contributed by atoms with Crippen molar-refractivity contribution in [2.75, 3.05) is 44.2 Å². The molecule has 104 valence electrons. The van der Waals surface area contributed by atoms with Gasteiger partial charge in [-0.3, -0.25) is 4.90 Å². The summed E-state index contributed by atoms with van der Waals surface area (Å²) in [7, 11) is 0. The lowest BCUT2D eigenvalue weighted by Crippen LogP contribution is -2.61. The van der Waals surface area contributed by atoms with Gasteiger partial charge in [-0.05, 0) is 13.3 Å². The smallest absolute Gasteiger partial charge is 0.132 e. The third kappa shape index (κ3) is 2.72. The molecule has 5 nitrogen and oxygen atoms in total. The predicted octanol–water partition coefficient (Wildman–Crippen LogP) is 0.441. The highest BCUT2D eigenvalue weighted by Crippen LogP contribution is 2.17. The van der Waals surface area contributed by atoms with Gasteiger partial charge in [0, 0.05) is 57.1 Å². The third-order valence-electron chi connectivity index (χ3n) is 4.15. The van der Waals surface area contributed by atoms with Gasteiger partial charge in [0.15, 0.2) is 0 Å². The number of nitrogens with one attached hydrogen (secondary N) is 1. The normalized spacial score (nSPS) is 21.5. The van der Waals surface area contributed by atoms with E-state index in [2.05, 4.69) is 38.1 Å². The van der Waals surface area contributed by atoms with E-state index < -0.39 is 0 Å².